The molecule has 158 valence electrons. The fraction of sp³-hybridized carbons (Fsp3) is 0.391. The molecule has 7 nitrogen and oxygen atoms in total. The number of carbonyl (C=O) groups is 1. The number of ether oxygens (including phenoxy) is 1. The summed E-state index contributed by atoms with van der Waals surface area (Å²) in [5, 5.41) is 15.3. The summed E-state index contributed by atoms with van der Waals surface area (Å²) in [6.07, 6.45) is 0.795. The van der Waals surface area contributed by atoms with Gasteiger partial charge in [-0.05, 0) is 47.9 Å². The van der Waals surface area contributed by atoms with E-state index < -0.39 is 4.92 Å². The van der Waals surface area contributed by atoms with E-state index in [-0.39, 0.29) is 34.6 Å². The Bertz CT molecular complexity index is 990. The number of benzene rings is 2. The quantitative estimate of drug-likeness (QED) is 0.430. The van der Waals surface area contributed by atoms with Gasteiger partial charge in [0.2, 0.25) is 5.91 Å². The van der Waals surface area contributed by atoms with Crippen LogP contribution in [-0.2, 0) is 10.2 Å². The number of nitro benzene ring substituents is 1. The average Bonchev–Trinajstić information content (AvgIpc) is 3.51. The fourth-order valence-electron chi connectivity index (χ4n) is 3.43. The van der Waals surface area contributed by atoms with Gasteiger partial charge in [-0.15, -0.1) is 0 Å². The normalized spacial score (nSPS) is 18.6. The van der Waals surface area contributed by atoms with Gasteiger partial charge in [0, 0.05) is 17.5 Å². The summed E-state index contributed by atoms with van der Waals surface area (Å²) in [4.78, 5) is 23.2. The number of hydrogen-bond acceptors (Lipinski definition) is 5. The maximum absolute atomic E-state index is 12.5. The lowest BCUT2D eigenvalue weighted by molar-refractivity contribution is -0.385. The molecule has 0 bridgehead atoms. The third-order valence-electron chi connectivity index (χ3n) is 5.46. The minimum absolute atomic E-state index is 0.0988. The first-order valence-corrected chi connectivity index (χ1v) is 9.89. The van der Waals surface area contributed by atoms with E-state index >= 15 is 0 Å². The monoisotopic (exact) mass is 409 g/mol. The van der Waals surface area contributed by atoms with Crippen molar-refractivity contribution in [2.45, 2.75) is 45.4 Å². The topological polar surface area (TPSA) is 93.8 Å². The zero-order valence-electron chi connectivity index (χ0n) is 17.9. The molecule has 0 aromatic heterocycles. The molecule has 2 atom stereocenters. The van der Waals surface area contributed by atoms with Gasteiger partial charge in [-0.2, -0.15) is 5.10 Å². The molecule has 3 rings (SSSR count). The predicted octanol–water partition coefficient (Wildman–Crippen LogP) is 4.54. The van der Waals surface area contributed by atoms with Gasteiger partial charge in [0.1, 0.15) is 0 Å². The lowest BCUT2D eigenvalue weighted by atomic mass is 9.86. The minimum atomic E-state index is -0.506. The van der Waals surface area contributed by atoms with Crippen LogP contribution in [0.3, 0.4) is 0 Å². The molecule has 0 radical (unpaired) electrons. The van der Waals surface area contributed by atoms with Crippen LogP contribution in [0.2, 0.25) is 0 Å². The largest absolute Gasteiger partial charge is 0.490 e. The minimum Gasteiger partial charge on any atom is -0.490 e. The summed E-state index contributed by atoms with van der Waals surface area (Å²) in [7, 11) is 1.38. The Balaban J connectivity index is 1.64. The third kappa shape index (κ3) is 4.67. The smallest absolute Gasteiger partial charge is 0.311 e. The van der Waals surface area contributed by atoms with E-state index in [9.17, 15) is 14.9 Å². The number of hydrazone groups is 1. The zero-order valence-corrected chi connectivity index (χ0v) is 17.9. The number of rotatable bonds is 6. The Morgan fingerprint density at radius 2 is 1.87 bits per heavy atom. The molecule has 0 spiro atoms. The molecule has 1 fully saturated rings. The van der Waals surface area contributed by atoms with Crippen molar-refractivity contribution in [1.82, 2.24) is 5.43 Å². The van der Waals surface area contributed by atoms with Gasteiger partial charge in [0.05, 0.1) is 17.7 Å². The maximum Gasteiger partial charge on any atom is 0.311 e. The molecule has 1 N–H and O–H groups in total. The summed E-state index contributed by atoms with van der Waals surface area (Å²) in [5.41, 5.74) is 6.02. The highest BCUT2D eigenvalue weighted by molar-refractivity contribution is 6.00. The van der Waals surface area contributed by atoms with Crippen LogP contribution >= 0.6 is 0 Å². The van der Waals surface area contributed by atoms with Gasteiger partial charge in [0.25, 0.3) is 0 Å². The van der Waals surface area contributed by atoms with Crippen molar-refractivity contribution in [2.24, 2.45) is 11.0 Å². The van der Waals surface area contributed by atoms with Gasteiger partial charge < -0.3 is 4.74 Å². The number of hydrogen-bond donors (Lipinski definition) is 1. The van der Waals surface area contributed by atoms with Gasteiger partial charge in [0.15, 0.2) is 5.75 Å². The molecule has 1 aliphatic carbocycles. The number of nitrogens with one attached hydrogen (secondary N) is 1. The van der Waals surface area contributed by atoms with E-state index in [1.54, 1.807) is 13.0 Å². The number of nitro groups is 1. The number of methoxy groups -OCH3 is 1. The molecule has 2 aromatic rings. The molecule has 2 aromatic carbocycles. The molecular weight excluding hydrogens is 382 g/mol. The SMILES string of the molecule is COc1ccc(C(C)=NNC(=O)C2CC2c2ccc(C(C)(C)C)cc2)cc1[N+](=O)[O-]. The van der Waals surface area contributed by atoms with Crippen molar-refractivity contribution >= 4 is 17.3 Å². The summed E-state index contributed by atoms with van der Waals surface area (Å²) < 4.78 is 5.01. The van der Waals surface area contributed by atoms with Crippen LogP contribution in [-0.4, -0.2) is 23.7 Å². The number of nitrogens with zero attached hydrogens (tertiary/aromatic N) is 2. The molecular formula is C23H27N3O4. The van der Waals surface area contributed by atoms with E-state index in [2.05, 4.69) is 55.6 Å². The van der Waals surface area contributed by atoms with Crippen molar-refractivity contribution in [3.63, 3.8) is 0 Å². The fourth-order valence-corrected chi connectivity index (χ4v) is 3.43. The van der Waals surface area contributed by atoms with E-state index in [4.69, 9.17) is 4.74 Å². The van der Waals surface area contributed by atoms with Gasteiger partial charge in [-0.25, -0.2) is 5.43 Å². The molecule has 0 aliphatic heterocycles. The number of carbonyl (C=O) groups excluding carboxylic acids is 1. The van der Waals surface area contributed by atoms with Crippen LogP contribution < -0.4 is 10.2 Å². The van der Waals surface area contributed by atoms with Crippen molar-refractivity contribution in [3.05, 3.63) is 69.3 Å². The molecule has 0 saturated heterocycles. The number of amides is 1. The van der Waals surface area contributed by atoms with Gasteiger partial charge in [-0.1, -0.05) is 45.0 Å². The zero-order chi connectivity index (χ0) is 22.1. The highest BCUT2D eigenvalue weighted by Gasteiger charge is 2.44. The van der Waals surface area contributed by atoms with Gasteiger partial charge in [-0.3, -0.25) is 14.9 Å². The molecule has 1 saturated carbocycles. The van der Waals surface area contributed by atoms with E-state index in [0.717, 1.165) is 12.0 Å². The summed E-state index contributed by atoms with van der Waals surface area (Å²) in [6, 6.07) is 13.0. The van der Waals surface area contributed by atoms with Gasteiger partial charge >= 0.3 is 5.69 Å². The highest BCUT2D eigenvalue weighted by Crippen LogP contribution is 2.47. The Kier molecular flexibility index (Phi) is 5.92. The average molecular weight is 409 g/mol. The first-order chi connectivity index (χ1) is 14.1. The second kappa shape index (κ2) is 8.26. The molecule has 30 heavy (non-hydrogen) atoms. The Hall–Kier alpha value is -3.22. The standard InChI is InChI=1S/C23H27N3O4/c1-14(16-8-11-21(30-5)20(12-16)26(28)29)24-25-22(27)19-13-18(19)15-6-9-17(10-7-15)23(2,3)4/h6-12,18-19H,13H2,1-5H3,(H,25,27). The highest BCUT2D eigenvalue weighted by atomic mass is 16.6. The molecule has 2 unspecified atom stereocenters. The maximum atomic E-state index is 12.5. The first kappa shape index (κ1) is 21.5. The van der Waals surface area contributed by atoms with Crippen LogP contribution in [0.15, 0.2) is 47.6 Å². The van der Waals surface area contributed by atoms with E-state index in [1.807, 2.05) is 0 Å². The second-order valence-electron chi connectivity index (χ2n) is 8.64. The Morgan fingerprint density at radius 3 is 2.43 bits per heavy atom. The van der Waals surface area contributed by atoms with Crippen LogP contribution in [0.1, 0.15) is 56.7 Å². The lowest BCUT2D eigenvalue weighted by Gasteiger charge is -2.19. The van der Waals surface area contributed by atoms with Crippen molar-refractivity contribution in [3.8, 4) is 5.75 Å². The second-order valence-corrected chi connectivity index (χ2v) is 8.64. The Labute approximate surface area is 176 Å². The first-order valence-electron chi connectivity index (χ1n) is 9.89. The molecule has 7 heteroatoms. The van der Waals surface area contributed by atoms with Crippen LogP contribution in [0.25, 0.3) is 0 Å². The van der Waals surface area contributed by atoms with E-state index in [0.29, 0.717) is 11.3 Å². The molecule has 0 heterocycles. The summed E-state index contributed by atoms with van der Waals surface area (Å²) >= 11 is 0. The predicted molar refractivity (Wildman–Crippen MR) is 116 cm³/mol. The summed E-state index contributed by atoms with van der Waals surface area (Å²) in [5.74, 6) is 0.144. The Morgan fingerprint density at radius 1 is 1.20 bits per heavy atom. The van der Waals surface area contributed by atoms with Crippen LogP contribution in [0, 0.1) is 16.0 Å². The van der Waals surface area contributed by atoms with Crippen molar-refractivity contribution in [2.75, 3.05) is 7.11 Å². The molecule has 1 amide bonds. The van der Waals surface area contributed by atoms with Crippen LogP contribution in [0.4, 0.5) is 5.69 Å². The van der Waals surface area contributed by atoms with Crippen molar-refractivity contribution in [1.29, 1.82) is 0 Å². The summed E-state index contributed by atoms with van der Waals surface area (Å²) in [6.45, 7) is 8.22. The lowest BCUT2D eigenvalue weighted by Crippen LogP contribution is -2.21. The third-order valence-corrected chi connectivity index (χ3v) is 5.46. The van der Waals surface area contributed by atoms with Crippen LogP contribution in [0.5, 0.6) is 5.75 Å². The van der Waals surface area contributed by atoms with Crippen molar-refractivity contribution < 1.29 is 14.5 Å². The van der Waals surface area contributed by atoms with E-state index in [1.165, 1.54) is 24.8 Å². The molecule has 1 aliphatic rings.